The third-order valence-corrected chi connectivity index (χ3v) is 3.73. The molecule has 1 heterocycles. The van der Waals surface area contributed by atoms with Crippen molar-refractivity contribution < 1.29 is 13.9 Å². The van der Waals surface area contributed by atoms with Gasteiger partial charge in [0.05, 0.1) is 16.5 Å². The molecule has 5 heteroatoms. The Labute approximate surface area is 149 Å². The number of hydrogen-bond acceptors (Lipinski definition) is 4. The first-order valence-corrected chi connectivity index (χ1v) is 8.01. The smallest absolute Gasteiger partial charge is 0.339 e. The second-order valence-electron chi connectivity index (χ2n) is 5.29. The van der Waals surface area contributed by atoms with Crippen LogP contribution in [0.2, 0.25) is 5.02 Å². The molecule has 0 fully saturated rings. The number of ether oxygens (including phenoxy) is 2. The van der Waals surface area contributed by atoms with E-state index in [4.69, 9.17) is 25.5 Å². The predicted molar refractivity (Wildman–Crippen MR) is 97.4 cm³/mol. The van der Waals surface area contributed by atoms with Gasteiger partial charge in [-0.05, 0) is 31.2 Å². The van der Waals surface area contributed by atoms with Crippen LogP contribution in [0.15, 0.2) is 57.7 Å². The zero-order chi connectivity index (χ0) is 17.6. The first-order valence-electron chi connectivity index (χ1n) is 7.64. The van der Waals surface area contributed by atoms with E-state index in [2.05, 4.69) is 11.8 Å². The van der Waals surface area contributed by atoms with Crippen LogP contribution in [-0.2, 0) is 0 Å². The SMILES string of the molecule is Cc1ccc2oc(=O)cc(OCC#CCOc3ccccc3Cl)c2c1. The lowest BCUT2D eigenvalue weighted by atomic mass is 10.1. The van der Waals surface area contributed by atoms with Crippen molar-refractivity contribution >= 4 is 22.6 Å². The molecule has 0 aliphatic rings. The Hall–Kier alpha value is -2.90. The normalized spacial score (nSPS) is 10.2. The second kappa shape index (κ2) is 7.78. The van der Waals surface area contributed by atoms with Gasteiger partial charge >= 0.3 is 5.63 Å². The molecular formula is C20H15ClO4. The molecule has 0 atom stereocenters. The van der Waals surface area contributed by atoms with Crippen LogP contribution in [0.1, 0.15) is 5.56 Å². The van der Waals surface area contributed by atoms with E-state index in [0.29, 0.717) is 22.1 Å². The average Bonchev–Trinajstić information content (AvgIpc) is 2.59. The van der Waals surface area contributed by atoms with Gasteiger partial charge in [-0.15, -0.1) is 0 Å². The zero-order valence-corrected chi connectivity index (χ0v) is 14.3. The highest BCUT2D eigenvalue weighted by Crippen LogP contribution is 2.25. The summed E-state index contributed by atoms with van der Waals surface area (Å²) in [7, 11) is 0. The standard InChI is InChI=1S/C20H15ClO4/c1-14-8-9-17-15(12-14)19(13-20(22)25-17)24-11-5-4-10-23-18-7-3-2-6-16(18)21/h2-3,6-9,12-13H,10-11H2,1H3. The average molecular weight is 355 g/mol. The van der Waals surface area contributed by atoms with Gasteiger partial charge in [-0.1, -0.05) is 47.2 Å². The first-order chi connectivity index (χ1) is 12.1. The molecule has 0 amide bonds. The summed E-state index contributed by atoms with van der Waals surface area (Å²) in [5.74, 6) is 6.74. The summed E-state index contributed by atoms with van der Waals surface area (Å²) >= 11 is 5.99. The Balaban J connectivity index is 1.63. The van der Waals surface area contributed by atoms with Crippen LogP contribution < -0.4 is 15.1 Å². The molecule has 0 saturated carbocycles. The van der Waals surface area contributed by atoms with Crippen molar-refractivity contribution in [3.05, 3.63) is 69.5 Å². The van der Waals surface area contributed by atoms with Gasteiger partial charge in [-0.25, -0.2) is 4.79 Å². The van der Waals surface area contributed by atoms with Crippen LogP contribution in [0.25, 0.3) is 11.0 Å². The van der Waals surface area contributed by atoms with Crippen molar-refractivity contribution in [1.29, 1.82) is 0 Å². The molecule has 0 saturated heterocycles. The predicted octanol–water partition coefficient (Wildman–Crippen LogP) is 4.22. The monoisotopic (exact) mass is 354 g/mol. The molecule has 0 radical (unpaired) electrons. The number of aryl methyl sites for hydroxylation is 1. The molecule has 4 nitrogen and oxygen atoms in total. The Morgan fingerprint density at radius 3 is 2.48 bits per heavy atom. The molecule has 0 bridgehead atoms. The molecule has 2 aromatic carbocycles. The second-order valence-corrected chi connectivity index (χ2v) is 5.70. The van der Waals surface area contributed by atoms with E-state index in [1.54, 1.807) is 18.2 Å². The van der Waals surface area contributed by atoms with Crippen LogP contribution in [0, 0.1) is 18.8 Å². The largest absolute Gasteiger partial charge is 0.480 e. The number of benzene rings is 2. The zero-order valence-electron chi connectivity index (χ0n) is 13.5. The van der Waals surface area contributed by atoms with E-state index in [1.807, 2.05) is 31.2 Å². The highest BCUT2D eigenvalue weighted by atomic mass is 35.5. The van der Waals surface area contributed by atoms with Crippen molar-refractivity contribution in [3.63, 3.8) is 0 Å². The van der Waals surface area contributed by atoms with Crippen LogP contribution >= 0.6 is 11.6 Å². The summed E-state index contributed by atoms with van der Waals surface area (Å²) in [6, 6.07) is 14.1. The molecule has 1 aromatic heterocycles. The Kier molecular flexibility index (Phi) is 5.27. The van der Waals surface area contributed by atoms with E-state index >= 15 is 0 Å². The van der Waals surface area contributed by atoms with E-state index in [1.165, 1.54) is 6.07 Å². The summed E-state index contributed by atoms with van der Waals surface area (Å²) in [4.78, 5) is 11.6. The summed E-state index contributed by atoms with van der Waals surface area (Å²) in [6.07, 6.45) is 0. The van der Waals surface area contributed by atoms with Crippen LogP contribution in [0.4, 0.5) is 0 Å². The molecule has 3 rings (SSSR count). The van der Waals surface area contributed by atoms with Gasteiger partial charge in [0.25, 0.3) is 0 Å². The molecule has 0 N–H and O–H groups in total. The molecular weight excluding hydrogens is 340 g/mol. The van der Waals surface area contributed by atoms with Crippen molar-refractivity contribution in [1.82, 2.24) is 0 Å². The van der Waals surface area contributed by atoms with Crippen molar-refractivity contribution in [2.45, 2.75) is 6.92 Å². The number of halogens is 1. The quantitative estimate of drug-likeness (QED) is 0.520. The molecule has 0 unspecified atom stereocenters. The minimum atomic E-state index is -0.457. The van der Waals surface area contributed by atoms with Crippen molar-refractivity contribution in [3.8, 4) is 23.3 Å². The fraction of sp³-hybridized carbons (Fsp3) is 0.150. The van der Waals surface area contributed by atoms with Crippen LogP contribution in [-0.4, -0.2) is 13.2 Å². The van der Waals surface area contributed by atoms with Crippen molar-refractivity contribution in [2.24, 2.45) is 0 Å². The molecule has 0 aliphatic heterocycles. The summed E-state index contributed by atoms with van der Waals surface area (Å²) in [5, 5.41) is 1.28. The minimum absolute atomic E-state index is 0.137. The lowest BCUT2D eigenvalue weighted by Crippen LogP contribution is -2.02. The fourth-order valence-corrected chi connectivity index (χ4v) is 2.45. The van der Waals surface area contributed by atoms with E-state index in [0.717, 1.165) is 10.9 Å². The maximum absolute atomic E-state index is 11.6. The maximum Gasteiger partial charge on any atom is 0.339 e. The highest BCUT2D eigenvalue weighted by molar-refractivity contribution is 6.32. The van der Waals surface area contributed by atoms with Gasteiger partial charge in [0, 0.05) is 0 Å². The lowest BCUT2D eigenvalue weighted by molar-refractivity contribution is 0.362. The van der Waals surface area contributed by atoms with Gasteiger partial charge in [0.15, 0.2) is 0 Å². The topological polar surface area (TPSA) is 48.7 Å². The minimum Gasteiger partial charge on any atom is -0.480 e. The van der Waals surface area contributed by atoms with Crippen molar-refractivity contribution in [2.75, 3.05) is 13.2 Å². The number of para-hydroxylation sites is 1. The highest BCUT2D eigenvalue weighted by Gasteiger charge is 2.06. The Morgan fingerprint density at radius 1 is 1.00 bits per heavy atom. The lowest BCUT2D eigenvalue weighted by Gasteiger charge is -2.06. The molecule has 0 spiro atoms. The van der Waals surface area contributed by atoms with Gasteiger partial charge in [-0.2, -0.15) is 0 Å². The Bertz CT molecular complexity index is 1010. The van der Waals surface area contributed by atoms with Gasteiger partial charge in [0.1, 0.15) is 30.3 Å². The van der Waals surface area contributed by atoms with Gasteiger partial charge in [-0.3, -0.25) is 0 Å². The van der Waals surface area contributed by atoms with Crippen LogP contribution in [0.3, 0.4) is 0 Å². The summed E-state index contributed by atoms with van der Waals surface area (Å²) in [5.41, 5.74) is 1.08. The number of hydrogen-bond donors (Lipinski definition) is 0. The number of fused-ring (bicyclic) bond motifs is 1. The van der Waals surface area contributed by atoms with Gasteiger partial charge in [0.2, 0.25) is 0 Å². The molecule has 0 aliphatic carbocycles. The molecule has 3 aromatic rings. The van der Waals surface area contributed by atoms with Gasteiger partial charge < -0.3 is 13.9 Å². The Morgan fingerprint density at radius 2 is 1.72 bits per heavy atom. The van der Waals surface area contributed by atoms with E-state index in [-0.39, 0.29) is 13.2 Å². The third kappa shape index (κ3) is 4.34. The van der Waals surface area contributed by atoms with E-state index in [9.17, 15) is 4.79 Å². The fourth-order valence-electron chi connectivity index (χ4n) is 2.26. The first kappa shape index (κ1) is 16.9. The van der Waals surface area contributed by atoms with E-state index < -0.39 is 5.63 Å². The summed E-state index contributed by atoms with van der Waals surface area (Å²) < 4.78 is 16.2. The van der Waals surface area contributed by atoms with Crippen LogP contribution in [0.5, 0.6) is 11.5 Å². The summed E-state index contributed by atoms with van der Waals surface area (Å²) in [6.45, 7) is 2.29. The maximum atomic E-state index is 11.6. The number of rotatable bonds is 4. The molecule has 126 valence electrons. The third-order valence-electron chi connectivity index (χ3n) is 3.42. The molecule has 25 heavy (non-hydrogen) atoms.